The number of hydrogen-bond acceptors (Lipinski definition) is 3. The van der Waals surface area contributed by atoms with Gasteiger partial charge in [-0.1, -0.05) is 91.0 Å². The van der Waals surface area contributed by atoms with Crippen LogP contribution < -0.4 is 14.6 Å². The van der Waals surface area contributed by atoms with E-state index in [2.05, 4.69) is 72.8 Å². The first-order valence-electron chi connectivity index (χ1n) is 12.3. The van der Waals surface area contributed by atoms with E-state index in [9.17, 15) is 4.57 Å². The monoisotopic (exact) mass is 502 g/mol. The van der Waals surface area contributed by atoms with Crippen LogP contribution in [0.1, 0.15) is 22.3 Å². The topological polar surface area (TPSA) is 35.5 Å². The van der Waals surface area contributed by atoms with E-state index in [1.807, 2.05) is 54.6 Å². The molecule has 0 saturated carbocycles. The number of rotatable bonds is 6. The van der Waals surface area contributed by atoms with Gasteiger partial charge in [0.1, 0.15) is 11.5 Å². The van der Waals surface area contributed by atoms with Gasteiger partial charge in [-0.3, -0.25) is 4.57 Å². The Balaban J connectivity index is 1.51. The Bertz CT molecular complexity index is 1560. The molecule has 0 radical (unpaired) electrons. The Morgan fingerprint density at radius 3 is 1.54 bits per heavy atom. The van der Waals surface area contributed by atoms with Gasteiger partial charge in [-0.15, -0.1) is 0 Å². The van der Waals surface area contributed by atoms with Gasteiger partial charge in [-0.05, 0) is 69.8 Å². The van der Waals surface area contributed by atoms with Crippen LogP contribution in [0.25, 0.3) is 11.1 Å². The van der Waals surface area contributed by atoms with Crippen molar-refractivity contribution in [2.24, 2.45) is 0 Å². The van der Waals surface area contributed by atoms with Crippen LogP contribution in [-0.2, 0) is 9.98 Å². The van der Waals surface area contributed by atoms with E-state index >= 15 is 0 Å². The van der Waals surface area contributed by atoms with E-state index in [-0.39, 0.29) is 0 Å². The number of methoxy groups -OCH3 is 1. The van der Waals surface area contributed by atoms with E-state index in [0.29, 0.717) is 11.1 Å². The maximum absolute atomic E-state index is 13.4. The van der Waals surface area contributed by atoms with Gasteiger partial charge in [0.25, 0.3) is 7.37 Å². The Hall–Kier alpha value is -4.07. The minimum absolute atomic E-state index is 0.507. The predicted octanol–water partition coefficient (Wildman–Crippen LogP) is 7.67. The molecule has 1 unspecified atom stereocenters. The van der Waals surface area contributed by atoms with Crippen LogP contribution in [0.5, 0.6) is 11.5 Å². The molecule has 0 saturated heterocycles. The highest BCUT2D eigenvalue weighted by atomic mass is 31.2. The van der Waals surface area contributed by atoms with Gasteiger partial charge in [-0.2, -0.15) is 0 Å². The molecule has 1 aliphatic carbocycles. The molecule has 0 heterocycles. The first-order valence-corrected chi connectivity index (χ1v) is 14.4. The zero-order valence-electron chi connectivity index (χ0n) is 20.8. The fourth-order valence-electron chi connectivity index (χ4n) is 5.58. The fraction of sp³-hybridized carbons (Fsp3) is 0.0909. The number of fused-ring (bicyclic) bond motifs is 3. The van der Waals surface area contributed by atoms with Gasteiger partial charge in [0.15, 0.2) is 0 Å². The van der Waals surface area contributed by atoms with Crippen molar-refractivity contribution >= 4 is 12.7 Å². The van der Waals surface area contributed by atoms with Crippen molar-refractivity contribution in [3.63, 3.8) is 0 Å². The zero-order valence-corrected chi connectivity index (χ0v) is 21.7. The van der Waals surface area contributed by atoms with Gasteiger partial charge < -0.3 is 9.26 Å². The summed E-state index contributed by atoms with van der Waals surface area (Å²) in [6.45, 7) is 1.67. The van der Waals surface area contributed by atoms with Gasteiger partial charge in [0, 0.05) is 12.0 Å². The SMILES string of the molecule is COc1ccc(C2(c3ccc(OP(C)(=O)c4ccccc4)cc3)c3ccccc3-c3ccccc32)cc1. The standard InChI is InChI=1S/C33H27O3P/c1-35-26-20-16-24(17-21-26)33(31-14-8-6-12-29(31)30-13-7-9-15-32(30)33)25-18-22-27(23-19-25)36-37(2,34)28-10-4-3-5-11-28/h3-23H,1-2H3. The first-order chi connectivity index (χ1) is 18.0. The number of hydrogen-bond donors (Lipinski definition) is 0. The van der Waals surface area contributed by atoms with Crippen LogP contribution in [-0.4, -0.2) is 13.8 Å². The quantitative estimate of drug-likeness (QED) is 0.219. The van der Waals surface area contributed by atoms with Gasteiger partial charge in [0.2, 0.25) is 0 Å². The second-order valence-corrected chi connectivity index (χ2v) is 11.8. The summed E-state index contributed by atoms with van der Waals surface area (Å²) in [7, 11) is -1.33. The van der Waals surface area contributed by atoms with Crippen molar-refractivity contribution in [3.05, 3.63) is 150 Å². The smallest absolute Gasteiger partial charge is 0.274 e. The molecule has 0 spiro atoms. The highest BCUT2D eigenvalue weighted by Crippen LogP contribution is 2.56. The summed E-state index contributed by atoms with van der Waals surface area (Å²) in [5, 5.41) is 0.701. The zero-order chi connectivity index (χ0) is 25.5. The lowest BCUT2D eigenvalue weighted by Gasteiger charge is -2.34. The summed E-state index contributed by atoms with van der Waals surface area (Å²) in [6.07, 6.45) is 0. The van der Waals surface area contributed by atoms with Crippen molar-refractivity contribution in [1.29, 1.82) is 0 Å². The van der Waals surface area contributed by atoms with Crippen LogP contribution >= 0.6 is 7.37 Å². The van der Waals surface area contributed by atoms with Crippen LogP contribution in [0.3, 0.4) is 0 Å². The average Bonchev–Trinajstić information content (AvgIpc) is 3.25. The molecule has 37 heavy (non-hydrogen) atoms. The van der Waals surface area contributed by atoms with Gasteiger partial charge in [-0.25, -0.2) is 0 Å². The molecular weight excluding hydrogens is 475 g/mol. The van der Waals surface area contributed by atoms with Crippen LogP contribution in [0.2, 0.25) is 0 Å². The molecule has 0 aliphatic heterocycles. The largest absolute Gasteiger partial charge is 0.497 e. The predicted molar refractivity (Wildman–Crippen MR) is 151 cm³/mol. The summed E-state index contributed by atoms with van der Waals surface area (Å²) in [5.41, 5.74) is 6.71. The molecule has 5 aromatic carbocycles. The van der Waals surface area contributed by atoms with Crippen molar-refractivity contribution < 1.29 is 13.8 Å². The minimum Gasteiger partial charge on any atom is -0.497 e. The third-order valence-electron chi connectivity index (χ3n) is 7.27. The molecule has 1 atom stereocenters. The van der Waals surface area contributed by atoms with E-state index in [1.54, 1.807) is 13.8 Å². The van der Waals surface area contributed by atoms with Crippen LogP contribution in [0, 0.1) is 0 Å². The molecule has 5 aromatic rings. The average molecular weight is 503 g/mol. The number of ether oxygens (including phenoxy) is 1. The Labute approximate surface area is 217 Å². The normalized spacial score (nSPS) is 14.8. The minimum atomic E-state index is -3.01. The highest BCUT2D eigenvalue weighted by Gasteiger charge is 2.45. The van der Waals surface area contributed by atoms with Gasteiger partial charge in [0.05, 0.1) is 12.5 Å². The Morgan fingerprint density at radius 1 is 0.568 bits per heavy atom. The van der Waals surface area contributed by atoms with E-state index in [0.717, 1.165) is 16.9 Å². The van der Waals surface area contributed by atoms with Gasteiger partial charge >= 0.3 is 0 Å². The van der Waals surface area contributed by atoms with E-state index in [1.165, 1.54) is 22.3 Å². The van der Waals surface area contributed by atoms with E-state index < -0.39 is 12.8 Å². The molecule has 3 nitrogen and oxygen atoms in total. The molecule has 0 aromatic heterocycles. The second-order valence-electron chi connectivity index (χ2n) is 9.37. The van der Waals surface area contributed by atoms with Crippen LogP contribution in [0.4, 0.5) is 0 Å². The maximum Gasteiger partial charge on any atom is 0.274 e. The molecule has 0 N–H and O–H groups in total. The third kappa shape index (κ3) is 3.79. The lowest BCUT2D eigenvalue weighted by Crippen LogP contribution is -2.28. The molecule has 4 heteroatoms. The van der Waals surface area contributed by atoms with Crippen molar-refractivity contribution in [2.75, 3.05) is 13.8 Å². The molecule has 0 amide bonds. The second kappa shape index (κ2) is 9.10. The molecule has 1 aliphatic rings. The summed E-state index contributed by atoms with van der Waals surface area (Å²) in [6, 6.07) is 43.0. The fourth-order valence-corrected chi connectivity index (χ4v) is 6.93. The molecular formula is C33H27O3P. The summed E-state index contributed by atoms with van der Waals surface area (Å²) in [5.74, 6) is 1.41. The highest BCUT2D eigenvalue weighted by molar-refractivity contribution is 7.66. The first kappa shape index (κ1) is 23.3. The lowest BCUT2D eigenvalue weighted by molar-refractivity contribution is 0.414. The number of benzene rings is 5. The van der Waals surface area contributed by atoms with Crippen molar-refractivity contribution in [2.45, 2.75) is 5.41 Å². The van der Waals surface area contributed by atoms with Crippen molar-refractivity contribution in [3.8, 4) is 22.6 Å². The maximum atomic E-state index is 13.4. The summed E-state index contributed by atoms with van der Waals surface area (Å²) >= 11 is 0. The lowest BCUT2D eigenvalue weighted by atomic mass is 9.68. The third-order valence-corrected chi connectivity index (χ3v) is 9.06. The Kier molecular flexibility index (Phi) is 5.74. The Morgan fingerprint density at radius 2 is 1.03 bits per heavy atom. The molecule has 6 rings (SSSR count). The summed E-state index contributed by atoms with van der Waals surface area (Å²) < 4.78 is 24.9. The van der Waals surface area contributed by atoms with E-state index in [4.69, 9.17) is 9.26 Å². The molecule has 182 valence electrons. The van der Waals surface area contributed by atoms with Crippen molar-refractivity contribution in [1.82, 2.24) is 0 Å². The summed E-state index contributed by atoms with van der Waals surface area (Å²) in [4.78, 5) is 0. The van der Waals surface area contributed by atoms with Crippen LogP contribution in [0.15, 0.2) is 127 Å². The molecule has 0 bridgehead atoms. The molecule has 0 fully saturated rings.